The summed E-state index contributed by atoms with van der Waals surface area (Å²) in [6, 6.07) is 13.3. The Morgan fingerprint density at radius 3 is 2.63 bits per heavy atom. The molecule has 1 N–H and O–H groups in total. The predicted molar refractivity (Wildman–Crippen MR) is 115 cm³/mol. The fourth-order valence-corrected chi connectivity index (χ4v) is 3.59. The van der Waals surface area contributed by atoms with Crippen molar-refractivity contribution in [3.8, 4) is 22.7 Å². The van der Waals surface area contributed by atoms with Gasteiger partial charge in [-0.15, -0.1) is 0 Å². The van der Waals surface area contributed by atoms with Crippen LogP contribution in [0.2, 0.25) is 5.02 Å². The maximum atomic E-state index is 12.0. The SMILES string of the molecule is Cc1cc(-c2ncccc2Cl)c(C)cc1OCc1c(C)cccc1-n1nn[nH]c1=O. The Morgan fingerprint density at radius 1 is 1.07 bits per heavy atom. The second-order valence-electron chi connectivity index (χ2n) is 7.05. The molecule has 2 heterocycles. The summed E-state index contributed by atoms with van der Waals surface area (Å²) in [5.74, 6) is 0.755. The molecule has 7 nitrogen and oxygen atoms in total. The van der Waals surface area contributed by atoms with E-state index in [0.717, 1.165) is 39.3 Å². The third-order valence-electron chi connectivity index (χ3n) is 4.99. The highest BCUT2D eigenvalue weighted by atomic mass is 35.5. The maximum Gasteiger partial charge on any atom is 0.365 e. The summed E-state index contributed by atoms with van der Waals surface area (Å²) in [7, 11) is 0. The van der Waals surface area contributed by atoms with Crippen LogP contribution in [-0.4, -0.2) is 25.2 Å². The molecule has 0 fully saturated rings. The Hall–Kier alpha value is -3.45. The number of H-pyrrole nitrogens is 1. The monoisotopic (exact) mass is 421 g/mol. The largest absolute Gasteiger partial charge is 0.489 e. The molecule has 0 amide bonds. The van der Waals surface area contributed by atoms with Crippen molar-refractivity contribution in [2.24, 2.45) is 0 Å². The summed E-state index contributed by atoms with van der Waals surface area (Å²) >= 11 is 6.33. The van der Waals surface area contributed by atoms with E-state index in [4.69, 9.17) is 16.3 Å². The molecule has 4 rings (SSSR count). The van der Waals surface area contributed by atoms with Crippen LogP contribution >= 0.6 is 11.6 Å². The Balaban J connectivity index is 1.66. The van der Waals surface area contributed by atoms with E-state index < -0.39 is 5.69 Å². The van der Waals surface area contributed by atoms with Gasteiger partial charge in [-0.3, -0.25) is 4.98 Å². The number of benzene rings is 2. The number of nitrogens with one attached hydrogen (secondary N) is 1. The van der Waals surface area contributed by atoms with E-state index in [1.54, 1.807) is 6.20 Å². The zero-order valence-corrected chi connectivity index (χ0v) is 17.6. The van der Waals surface area contributed by atoms with E-state index in [0.29, 0.717) is 10.7 Å². The summed E-state index contributed by atoms with van der Waals surface area (Å²) < 4.78 is 7.39. The minimum atomic E-state index is -0.398. The lowest BCUT2D eigenvalue weighted by molar-refractivity contribution is 0.302. The fourth-order valence-electron chi connectivity index (χ4n) is 3.36. The summed E-state index contributed by atoms with van der Waals surface area (Å²) in [6.07, 6.45) is 1.73. The summed E-state index contributed by atoms with van der Waals surface area (Å²) in [5, 5.41) is 10.4. The van der Waals surface area contributed by atoms with Crippen molar-refractivity contribution in [3.63, 3.8) is 0 Å². The molecule has 0 radical (unpaired) electrons. The molecule has 152 valence electrons. The average Bonchev–Trinajstić information content (AvgIpc) is 3.15. The van der Waals surface area contributed by atoms with Crippen LogP contribution in [0.25, 0.3) is 16.9 Å². The number of hydrogen-bond donors (Lipinski definition) is 1. The first-order chi connectivity index (χ1) is 14.5. The molecule has 0 spiro atoms. The van der Waals surface area contributed by atoms with Gasteiger partial charge in [-0.25, -0.2) is 9.89 Å². The van der Waals surface area contributed by atoms with Gasteiger partial charge >= 0.3 is 5.69 Å². The highest BCUT2D eigenvalue weighted by Crippen LogP contribution is 2.33. The molecular formula is C22H20ClN5O2. The second-order valence-corrected chi connectivity index (χ2v) is 7.45. The number of pyridine rings is 1. The summed E-state index contributed by atoms with van der Waals surface area (Å²) in [6.45, 7) is 6.24. The maximum absolute atomic E-state index is 12.0. The van der Waals surface area contributed by atoms with Crippen molar-refractivity contribution in [2.75, 3.05) is 0 Å². The number of hydrogen-bond acceptors (Lipinski definition) is 5. The van der Waals surface area contributed by atoms with Crippen LogP contribution in [0.1, 0.15) is 22.3 Å². The number of aromatic amines is 1. The molecule has 0 saturated carbocycles. The van der Waals surface area contributed by atoms with Crippen molar-refractivity contribution in [1.29, 1.82) is 0 Å². The van der Waals surface area contributed by atoms with Gasteiger partial charge in [-0.05, 0) is 78.2 Å². The number of aromatic nitrogens is 5. The number of rotatable bonds is 5. The Morgan fingerprint density at radius 2 is 1.90 bits per heavy atom. The molecule has 0 saturated heterocycles. The molecular weight excluding hydrogens is 402 g/mol. The molecule has 4 aromatic rings. The van der Waals surface area contributed by atoms with Gasteiger partial charge in [0.05, 0.1) is 16.4 Å². The van der Waals surface area contributed by atoms with Crippen molar-refractivity contribution in [3.05, 3.63) is 86.4 Å². The number of halogens is 1. The quantitative estimate of drug-likeness (QED) is 0.522. The van der Waals surface area contributed by atoms with Gasteiger partial charge in [0.25, 0.3) is 0 Å². The van der Waals surface area contributed by atoms with Crippen LogP contribution in [0.3, 0.4) is 0 Å². The lowest BCUT2D eigenvalue weighted by Crippen LogP contribution is -2.18. The van der Waals surface area contributed by atoms with Gasteiger partial charge in [0.15, 0.2) is 0 Å². The Bertz CT molecular complexity index is 1280. The van der Waals surface area contributed by atoms with Crippen LogP contribution in [0, 0.1) is 20.8 Å². The topological polar surface area (TPSA) is 85.7 Å². The molecule has 0 aliphatic rings. The van der Waals surface area contributed by atoms with Gasteiger partial charge in [-0.2, -0.15) is 4.68 Å². The molecule has 2 aromatic carbocycles. The van der Waals surface area contributed by atoms with Crippen LogP contribution < -0.4 is 10.4 Å². The first-order valence-electron chi connectivity index (χ1n) is 9.40. The van der Waals surface area contributed by atoms with Gasteiger partial charge in [0.1, 0.15) is 12.4 Å². The normalized spacial score (nSPS) is 10.9. The number of nitrogens with zero attached hydrogens (tertiary/aromatic N) is 4. The minimum Gasteiger partial charge on any atom is -0.489 e. The number of aryl methyl sites for hydroxylation is 3. The minimum absolute atomic E-state index is 0.283. The zero-order valence-electron chi connectivity index (χ0n) is 16.8. The van der Waals surface area contributed by atoms with E-state index in [1.165, 1.54) is 4.68 Å². The van der Waals surface area contributed by atoms with E-state index in [1.807, 2.05) is 63.2 Å². The standard InChI is InChI=1S/C22H20ClN5O2/c1-13-6-4-8-19(28-22(29)25-26-27-28)17(13)12-30-20-11-14(2)16(10-15(20)3)21-18(23)7-5-9-24-21/h4-11H,12H2,1-3H3,(H,25,27,29). The van der Waals surface area contributed by atoms with Gasteiger partial charge in [-0.1, -0.05) is 23.7 Å². The van der Waals surface area contributed by atoms with Crippen molar-refractivity contribution >= 4 is 11.6 Å². The molecule has 2 aromatic heterocycles. The van der Waals surface area contributed by atoms with Gasteiger partial charge in [0.2, 0.25) is 0 Å². The molecule has 0 bridgehead atoms. The second kappa shape index (κ2) is 8.12. The zero-order chi connectivity index (χ0) is 21.3. The fraction of sp³-hybridized carbons (Fsp3) is 0.182. The van der Waals surface area contributed by atoms with Crippen molar-refractivity contribution in [2.45, 2.75) is 27.4 Å². The molecule has 0 atom stereocenters. The Labute approximate surface area is 178 Å². The van der Waals surface area contributed by atoms with E-state index in [9.17, 15) is 4.79 Å². The van der Waals surface area contributed by atoms with E-state index in [-0.39, 0.29) is 6.61 Å². The summed E-state index contributed by atoms with van der Waals surface area (Å²) in [5.41, 5.74) is 5.79. The number of tetrazole rings is 1. The predicted octanol–water partition coefficient (Wildman–Crippen LogP) is 4.18. The lowest BCUT2D eigenvalue weighted by Gasteiger charge is -2.16. The molecule has 8 heteroatoms. The van der Waals surface area contributed by atoms with Crippen LogP contribution in [0.15, 0.2) is 53.5 Å². The van der Waals surface area contributed by atoms with Gasteiger partial charge < -0.3 is 4.74 Å². The summed E-state index contributed by atoms with van der Waals surface area (Å²) in [4.78, 5) is 16.4. The van der Waals surface area contributed by atoms with E-state index >= 15 is 0 Å². The smallest absolute Gasteiger partial charge is 0.365 e. The van der Waals surface area contributed by atoms with Crippen LogP contribution in [-0.2, 0) is 6.61 Å². The Kier molecular flexibility index (Phi) is 5.37. The third-order valence-corrected chi connectivity index (χ3v) is 5.30. The number of ether oxygens (including phenoxy) is 1. The van der Waals surface area contributed by atoms with Crippen LogP contribution in [0.5, 0.6) is 5.75 Å². The first-order valence-corrected chi connectivity index (χ1v) is 9.77. The lowest BCUT2D eigenvalue weighted by atomic mass is 10.0. The molecule has 0 aliphatic carbocycles. The molecule has 30 heavy (non-hydrogen) atoms. The molecule has 0 aliphatic heterocycles. The average molecular weight is 422 g/mol. The first kappa shape index (κ1) is 19.8. The van der Waals surface area contributed by atoms with Crippen LogP contribution in [0.4, 0.5) is 0 Å². The third kappa shape index (κ3) is 3.71. The molecule has 0 unspecified atom stereocenters. The highest BCUT2D eigenvalue weighted by molar-refractivity contribution is 6.33. The van der Waals surface area contributed by atoms with Gasteiger partial charge in [0, 0.05) is 17.3 Å². The van der Waals surface area contributed by atoms with Crippen molar-refractivity contribution < 1.29 is 4.74 Å². The highest BCUT2D eigenvalue weighted by Gasteiger charge is 2.15. The van der Waals surface area contributed by atoms with Crippen molar-refractivity contribution in [1.82, 2.24) is 25.2 Å². The van der Waals surface area contributed by atoms with E-state index in [2.05, 4.69) is 20.5 Å².